The molecule has 116 valence electrons. The van der Waals surface area contributed by atoms with Crippen molar-refractivity contribution in [2.75, 3.05) is 18.4 Å². The summed E-state index contributed by atoms with van der Waals surface area (Å²) in [4.78, 5) is 26.3. The molecule has 1 aromatic heterocycles. The third-order valence-electron chi connectivity index (χ3n) is 3.59. The smallest absolute Gasteiger partial charge is 0.272 e. The van der Waals surface area contributed by atoms with Crippen LogP contribution >= 0.6 is 0 Å². The highest BCUT2D eigenvalue weighted by molar-refractivity contribution is 6.04. The van der Waals surface area contributed by atoms with Crippen molar-refractivity contribution in [1.82, 2.24) is 9.47 Å². The van der Waals surface area contributed by atoms with Gasteiger partial charge in [0.25, 0.3) is 11.8 Å². The van der Waals surface area contributed by atoms with Gasteiger partial charge in [0.1, 0.15) is 5.69 Å². The number of nitrogens with one attached hydrogen (secondary N) is 1. The number of aromatic nitrogens is 1. The summed E-state index contributed by atoms with van der Waals surface area (Å²) in [7, 11) is 1.81. The molecule has 0 spiro atoms. The maximum absolute atomic E-state index is 12.3. The summed E-state index contributed by atoms with van der Waals surface area (Å²) in [6.07, 6.45) is 1.81. The fourth-order valence-electron chi connectivity index (χ4n) is 2.32. The molecule has 0 saturated carbocycles. The van der Waals surface area contributed by atoms with Gasteiger partial charge in [0.2, 0.25) is 0 Å². The molecule has 2 amide bonds. The molecule has 22 heavy (non-hydrogen) atoms. The Kier molecular flexibility index (Phi) is 4.99. The monoisotopic (exact) mass is 299 g/mol. The molecule has 0 saturated heterocycles. The van der Waals surface area contributed by atoms with Crippen molar-refractivity contribution in [3.63, 3.8) is 0 Å². The second-order valence-corrected chi connectivity index (χ2v) is 5.02. The zero-order chi connectivity index (χ0) is 16.1. The Bertz CT molecular complexity index is 672. The average Bonchev–Trinajstić information content (AvgIpc) is 2.95. The highest BCUT2D eigenvalue weighted by atomic mass is 16.2. The van der Waals surface area contributed by atoms with E-state index in [2.05, 4.69) is 5.32 Å². The number of rotatable bonds is 5. The molecule has 0 aliphatic rings. The number of anilines is 1. The van der Waals surface area contributed by atoms with Crippen LogP contribution in [0.5, 0.6) is 0 Å². The maximum Gasteiger partial charge on any atom is 0.272 e. The van der Waals surface area contributed by atoms with Gasteiger partial charge in [0, 0.05) is 37.6 Å². The van der Waals surface area contributed by atoms with Gasteiger partial charge in [0.05, 0.1) is 0 Å². The Morgan fingerprint density at radius 1 is 1.14 bits per heavy atom. The number of amides is 2. The molecule has 1 N–H and O–H groups in total. The number of carbonyl (C=O) groups excluding carboxylic acids is 2. The summed E-state index contributed by atoms with van der Waals surface area (Å²) in [6, 6.07) is 10.6. The van der Waals surface area contributed by atoms with Gasteiger partial charge in [0.15, 0.2) is 0 Å². The topological polar surface area (TPSA) is 54.3 Å². The summed E-state index contributed by atoms with van der Waals surface area (Å²) in [5, 5.41) is 2.82. The van der Waals surface area contributed by atoms with Crippen LogP contribution in [0.25, 0.3) is 0 Å². The SMILES string of the molecule is CCN(CC)C(=O)c1cccc(NC(=O)c2cccn2C)c1. The second kappa shape index (κ2) is 6.93. The lowest BCUT2D eigenvalue weighted by Crippen LogP contribution is -2.30. The summed E-state index contributed by atoms with van der Waals surface area (Å²) >= 11 is 0. The number of hydrogen-bond donors (Lipinski definition) is 1. The molecular formula is C17H21N3O2. The van der Waals surface area contributed by atoms with Crippen molar-refractivity contribution in [3.8, 4) is 0 Å². The van der Waals surface area contributed by atoms with Crippen molar-refractivity contribution in [3.05, 3.63) is 53.9 Å². The van der Waals surface area contributed by atoms with E-state index in [0.29, 0.717) is 30.0 Å². The molecule has 1 heterocycles. The molecule has 2 aromatic rings. The van der Waals surface area contributed by atoms with E-state index in [1.54, 1.807) is 39.8 Å². The van der Waals surface area contributed by atoms with E-state index in [9.17, 15) is 9.59 Å². The number of benzene rings is 1. The van der Waals surface area contributed by atoms with Crippen molar-refractivity contribution in [2.45, 2.75) is 13.8 Å². The normalized spacial score (nSPS) is 10.3. The second-order valence-electron chi connectivity index (χ2n) is 5.02. The maximum atomic E-state index is 12.3. The van der Waals surface area contributed by atoms with Gasteiger partial charge in [-0.05, 0) is 44.2 Å². The first-order chi connectivity index (χ1) is 10.6. The number of aryl methyl sites for hydroxylation is 1. The van der Waals surface area contributed by atoms with E-state index < -0.39 is 0 Å². The molecule has 5 nitrogen and oxygen atoms in total. The number of nitrogens with zero attached hydrogens (tertiary/aromatic N) is 2. The van der Waals surface area contributed by atoms with Gasteiger partial charge in [-0.25, -0.2) is 0 Å². The number of hydrogen-bond acceptors (Lipinski definition) is 2. The lowest BCUT2D eigenvalue weighted by Gasteiger charge is -2.19. The average molecular weight is 299 g/mol. The van der Waals surface area contributed by atoms with Crippen LogP contribution < -0.4 is 5.32 Å². The van der Waals surface area contributed by atoms with E-state index >= 15 is 0 Å². The lowest BCUT2D eigenvalue weighted by atomic mass is 10.1. The minimum Gasteiger partial charge on any atom is -0.347 e. The molecule has 0 fully saturated rings. The van der Waals surface area contributed by atoms with Gasteiger partial charge in [-0.2, -0.15) is 0 Å². The summed E-state index contributed by atoms with van der Waals surface area (Å²) in [5.41, 5.74) is 1.76. The van der Waals surface area contributed by atoms with Crippen LogP contribution in [0.4, 0.5) is 5.69 Å². The van der Waals surface area contributed by atoms with Crippen LogP contribution in [0.3, 0.4) is 0 Å². The molecule has 0 unspecified atom stereocenters. The molecule has 0 aliphatic carbocycles. The first kappa shape index (κ1) is 15.8. The van der Waals surface area contributed by atoms with Crippen molar-refractivity contribution < 1.29 is 9.59 Å². The Hall–Kier alpha value is -2.56. The fourth-order valence-corrected chi connectivity index (χ4v) is 2.32. The standard InChI is InChI=1S/C17H21N3O2/c1-4-20(5-2)17(22)13-8-6-9-14(12-13)18-16(21)15-10-7-11-19(15)3/h6-12H,4-5H2,1-3H3,(H,18,21). The molecule has 1 aromatic carbocycles. The Morgan fingerprint density at radius 2 is 1.86 bits per heavy atom. The van der Waals surface area contributed by atoms with Crippen LogP contribution in [0.2, 0.25) is 0 Å². The van der Waals surface area contributed by atoms with E-state index in [1.807, 2.05) is 33.2 Å². The zero-order valence-corrected chi connectivity index (χ0v) is 13.2. The van der Waals surface area contributed by atoms with Gasteiger partial charge < -0.3 is 14.8 Å². The quantitative estimate of drug-likeness (QED) is 0.923. The minimum atomic E-state index is -0.195. The van der Waals surface area contributed by atoms with Crippen molar-refractivity contribution in [1.29, 1.82) is 0 Å². The largest absolute Gasteiger partial charge is 0.347 e. The lowest BCUT2D eigenvalue weighted by molar-refractivity contribution is 0.0772. The summed E-state index contributed by atoms with van der Waals surface area (Å²) < 4.78 is 1.75. The molecule has 0 bridgehead atoms. The summed E-state index contributed by atoms with van der Waals surface area (Å²) in [5.74, 6) is -0.222. The molecule has 0 atom stereocenters. The molecule has 5 heteroatoms. The molecule has 0 radical (unpaired) electrons. The predicted octanol–water partition coefficient (Wildman–Crippen LogP) is 2.76. The Balaban J connectivity index is 2.17. The summed E-state index contributed by atoms with van der Waals surface area (Å²) in [6.45, 7) is 5.22. The van der Waals surface area contributed by atoms with Crippen LogP contribution in [0.15, 0.2) is 42.6 Å². The highest BCUT2D eigenvalue weighted by Gasteiger charge is 2.14. The fraction of sp³-hybridized carbons (Fsp3) is 0.294. The molecule has 0 aliphatic heterocycles. The minimum absolute atomic E-state index is 0.0278. The highest BCUT2D eigenvalue weighted by Crippen LogP contribution is 2.14. The van der Waals surface area contributed by atoms with Gasteiger partial charge in [-0.1, -0.05) is 6.07 Å². The first-order valence-electron chi connectivity index (χ1n) is 7.38. The van der Waals surface area contributed by atoms with Crippen LogP contribution in [0.1, 0.15) is 34.7 Å². The van der Waals surface area contributed by atoms with Gasteiger partial charge in [-0.15, -0.1) is 0 Å². The Morgan fingerprint density at radius 3 is 2.45 bits per heavy atom. The van der Waals surface area contributed by atoms with Crippen molar-refractivity contribution >= 4 is 17.5 Å². The third-order valence-corrected chi connectivity index (χ3v) is 3.59. The molecule has 2 rings (SSSR count). The Labute approximate surface area is 130 Å². The van der Waals surface area contributed by atoms with E-state index in [4.69, 9.17) is 0 Å². The van der Waals surface area contributed by atoms with Crippen molar-refractivity contribution in [2.24, 2.45) is 7.05 Å². The van der Waals surface area contributed by atoms with Crippen LogP contribution in [-0.2, 0) is 7.05 Å². The predicted molar refractivity (Wildman–Crippen MR) is 87.1 cm³/mol. The van der Waals surface area contributed by atoms with Gasteiger partial charge >= 0.3 is 0 Å². The molecular weight excluding hydrogens is 278 g/mol. The number of carbonyl (C=O) groups is 2. The van der Waals surface area contributed by atoms with Gasteiger partial charge in [-0.3, -0.25) is 9.59 Å². The van der Waals surface area contributed by atoms with E-state index in [1.165, 1.54) is 0 Å². The third kappa shape index (κ3) is 3.36. The van der Waals surface area contributed by atoms with Crippen LogP contribution in [-0.4, -0.2) is 34.4 Å². The van der Waals surface area contributed by atoms with E-state index in [-0.39, 0.29) is 11.8 Å². The zero-order valence-electron chi connectivity index (χ0n) is 13.2. The van der Waals surface area contributed by atoms with Crippen LogP contribution in [0, 0.1) is 0 Å². The first-order valence-corrected chi connectivity index (χ1v) is 7.38. The van der Waals surface area contributed by atoms with E-state index in [0.717, 1.165) is 0 Å².